The summed E-state index contributed by atoms with van der Waals surface area (Å²) in [5.41, 5.74) is 4.89. The fourth-order valence-electron chi connectivity index (χ4n) is 4.47. The lowest BCUT2D eigenvalue weighted by molar-refractivity contribution is 0.0602. The number of hydrogen-bond acceptors (Lipinski definition) is 8. The zero-order chi connectivity index (χ0) is 25.9. The molecule has 0 atom stereocenters. The molecule has 10 heteroatoms. The molecule has 1 aliphatic heterocycles. The molecule has 0 unspecified atom stereocenters. The van der Waals surface area contributed by atoms with E-state index in [0.29, 0.717) is 42.5 Å². The number of nitrogens with zero attached hydrogens (tertiary/aromatic N) is 5. The largest absolute Gasteiger partial charge is 0.465 e. The molecule has 1 aliphatic rings. The van der Waals surface area contributed by atoms with Crippen molar-refractivity contribution in [3.63, 3.8) is 0 Å². The molecule has 1 N–H and O–H groups in total. The highest BCUT2D eigenvalue weighted by Gasteiger charge is 2.19. The van der Waals surface area contributed by atoms with Crippen LogP contribution in [-0.4, -0.2) is 72.7 Å². The second kappa shape index (κ2) is 10.5. The van der Waals surface area contributed by atoms with Crippen LogP contribution in [0.2, 0.25) is 0 Å². The number of rotatable bonds is 7. The number of morpholine rings is 1. The monoisotopic (exact) mass is 504 g/mol. The Morgan fingerprint density at radius 3 is 2.73 bits per heavy atom. The molecule has 0 radical (unpaired) electrons. The summed E-state index contributed by atoms with van der Waals surface area (Å²) < 4.78 is 26.0. The van der Waals surface area contributed by atoms with Crippen LogP contribution in [0.3, 0.4) is 0 Å². The van der Waals surface area contributed by atoms with Crippen LogP contribution in [0, 0.1) is 5.82 Å². The Morgan fingerprint density at radius 2 is 1.97 bits per heavy atom. The zero-order valence-corrected chi connectivity index (χ0v) is 21.1. The van der Waals surface area contributed by atoms with Gasteiger partial charge in [0.2, 0.25) is 0 Å². The van der Waals surface area contributed by atoms with Gasteiger partial charge in [0.05, 0.1) is 54.8 Å². The molecule has 0 aliphatic carbocycles. The maximum atomic E-state index is 13.6. The minimum atomic E-state index is -0.484. The average molecular weight is 505 g/mol. The van der Waals surface area contributed by atoms with E-state index in [0.717, 1.165) is 35.7 Å². The van der Waals surface area contributed by atoms with Gasteiger partial charge in [0, 0.05) is 37.5 Å². The molecule has 4 heterocycles. The van der Waals surface area contributed by atoms with Gasteiger partial charge in [-0.25, -0.2) is 19.2 Å². The first-order valence-electron chi connectivity index (χ1n) is 12.0. The molecule has 1 aromatic carbocycles. The Morgan fingerprint density at radius 1 is 1.16 bits per heavy atom. The van der Waals surface area contributed by atoms with Crippen molar-refractivity contribution in [1.82, 2.24) is 19.3 Å². The van der Waals surface area contributed by atoms with Gasteiger partial charge >= 0.3 is 5.97 Å². The molecule has 0 saturated carbocycles. The fraction of sp³-hybridized carbons (Fsp3) is 0.296. The van der Waals surface area contributed by atoms with Crippen LogP contribution in [0.4, 0.5) is 21.6 Å². The summed E-state index contributed by atoms with van der Waals surface area (Å²) in [4.78, 5) is 26.3. The van der Waals surface area contributed by atoms with Crippen molar-refractivity contribution in [2.24, 2.45) is 0 Å². The van der Waals surface area contributed by atoms with Gasteiger partial charge in [0.15, 0.2) is 0 Å². The lowest BCUT2D eigenvalue weighted by atomic mass is 10.1. The van der Waals surface area contributed by atoms with Crippen molar-refractivity contribution in [3.8, 4) is 11.3 Å². The van der Waals surface area contributed by atoms with Gasteiger partial charge < -0.3 is 24.6 Å². The van der Waals surface area contributed by atoms with Gasteiger partial charge in [-0.2, -0.15) is 0 Å². The summed E-state index contributed by atoms with van der Waals surface area (Å²) in [7, 11) is 5.36. The third-order valence-corrected chi connectivity index (χ3v) is 6.23. The van der Waals surface area contributed by atoms with Gasteiger partial charge in [0.25, 0.3) is 0 Å². The van der Waals surface area contributed by atoms with Crippen molar-refractivity contribution in [2.75, 3.05) is 57.7 Å². The average Bonchev–Trinajstić information content (AvgIpc) is 3.32. The summed E-state index contributed by atoms with van der Waals surface area (Å²) in [6.45, 7) is 3.69. The number of imidazole rings is 1. The maximum Gasteiger partial charge on any atom is 0.339 e. The number of nitrogens with one attached hydrogen (secondary N) is 1. The van der Waals surface area contributed by atoms with E-state index in [2.05, 4.69) is 26.2 Å². The van der Waals surface area contributed by atoms with Crippen LogP contribution >= 0.6 is 0 Å². The number of halogens is 1. The van der Waals surface area contributed by atoms with Crippen LogP contribution in [0.5, 0.6) is 0 Å². The van der Waals surface area contributed by atoms with E-state index in [4.69, 9.17) is 14.5 Å². The Labute approximate surface area is 214 Å². The predicted molar refractivity (Wildman–Crippen MR) is 140 cm³/mol. The zero-order valence-electron chi connectivity index (χ0n) is 21.1. The molecule has 192 valence electrons. The highest BCUT2D eigenvalue weighted by atomic mass is 19.1. The van der Waals surface area contributed by atoms with Gasteiger partial charge in [-0.3, -0.25) is 4.40 Å². The summed E-state index contributed by atoms with van der Waals surface area (Å²) in [5, 5.41) is 3.30. The van der Waals surface area contributed by atoms with E-state index in [1.54, 1.807) is 22.9 Å². The summed E-state index contributed by atoms with van der Waals surface area (Å²) in [6.07, 6.45) is 3.26. The van der Waals surface area contributed by atoms with Gasteiger partial charge in [-0.1, -0.05) is 6.07 Å². The molecule has 4 aromatic rings. The molecule has 1 fully saturated rings. The van der Waals surface area contributed by atoms with Crippen LogP contribution in [0.25, 0.3) is 16.9 Å². The van der Waals surface area contributed by atoms with E-state index in [1.807, 2.05) is 32.3 Å². The number of ether oxygens (including phenoxy) is 2. The number of anilines is 3. The Hall–Kier alpha value is -4.02. The van der Waals surface area contributed by atoms with Crippen molar-refractivity contribution >= 4 is 28.8 Å². The predicted octanol–water partition coefficient (Wildman–Crippen LogP) is 3.96. The van der Waals surface area contributed by atoms with E-state index in [1.165, 1.54) is 19.2 Å². The van der Waals surface area contributed by atoms with Crippen molar-refractivity contribution in [1.29, 1.82) is 0 Å². The molecule has 3 aromatic heterocycles. The van der Waals surface area contributed by atoms with Crippen LogP contribution < -0.4 is 10.2 Å². The van der Waals surface area contributed by atoms with Crippen LogP contribution in [0.15, 0.2) is 54.9 Å². The van der Waals surface area contributed by atoms with Crippen LogP contribution in [-0.2, 0) is 16.0 Å². The quantitative estimate of drug-likeness (QED) is 0.379. The fourth-order valence-corrected chi connectivity index (χ4v) is 4.47. The van der Waals surface area contributed by atoms with E-state index >= 15 is 0 Å². The van der Waals surface area contributed by atoms with Crippen molar-refractivity contribution < 1.29 is 18.7 Å². The minimum absolute atomic E-state index is 0.352. The standard InChI is InChI=1S/C27H29FN6O3/c1-32(2)17-22-23(33-10-12-37-13-11-33)6-7-25(31-22)30-21-5-4-18(14-20(21)27(35)36-3)24-16-29-26-15-19(28)8-9-34(24)26/h4-9,14-16H,10-13,17H2,1-3H3,(H,30,31). The lowest BCUT2D eigenvalue weighted by Gasteiger charge is -2.31. The molecular formula is C27H29FN6O3. The maximum absolute atomic E-state index is 13.6. The molecule has 0 amide bonds. The number of esters is 1. The molecule has 1 saturated heterocycles. The number of carbonyl (C=O) groups excluding carboxylic acids is 1. The number of pyridine rings is 2. The molecule has 9 nitrogen and oxygen atoms in total. The van der Waals surface area contributed by atoms with Gasteiger partial charge in [-0.15, -0.1) is 0 Å². The first kappa shape index (κ1) is 24.7. The summed E-state index contributed by atoms with van der Waals surface area (Å²) in [6, 6.07) is 12.1. The van der Waals surface area contributed by atoms with Crippen molar-refractivity contribution in [3.05, 3.63) is 71.9 Å². The second-order valence-electron chi connectivity index (χ2n) is 9.09. The Kier molecular flexibility index (Phi) is 7.02. The van der Waals surface area contributed by atoms with E-state index in [9.17, 15) is 9.18 Å². The highest BCUT2D eigenvalue weighted by Crippen LogP contribution is 2.30. The summed E-state index contributed by atoms with van der Waals surface area (Å²) >= 11 is 0. The molecule has 37 heavy (non-hydrogen) atoms. The van der Waals surface area contributed by atoms with E-state index < -0.39 is 5.97 Å². The molecule has 5 rings (SSSR count). The number of carbonyl (C=O) groups is 1. The first-order valence-corrected chi connectivity index (χ1v) is 12.0. The molecule has 0 spiro atoms. The Balaban J connectivity index is 1.49. The number of aromatic nitrogens is 3. The summed E-state index contributed by atoms with van der Waals surface area (Å²) in [5.74, 6) is -0.222. The van der Waals surface area contributed by atoms with Gasteiger partial charge in [0.1, 0.15) is 17.3 Å². The normalized spacial score (nSPS) is 13.8. The number of hydrogen-bond donors (Lipinski definition) is 1. The highest BCUT2D eigenvalue weighted by molar-refractivity contribution is 5.98. The number of methoxy groups -OCH3 is 1. The van der Waals surface area contributed by atoms with E-state index in [-0.39, 0.29) is 5.82 Å². The topological polar surface area (TPSA) is 84.2 Å². The molecule has 0 bridgehead atoms. The second-order valence-corrected chi connectivity index (χ2v) is 9.09. The first-order chi connectivity index (χ1) is 17.9. The Bertz CT molecular complexity index is 1430. The van der Waals surface area contributed by atoms with Crippen molar-refractivity contribution in [2.45, 2.75) is 6.54 Å². The minimum Gasteiger partial charge on any atom is -0.465 e. The SMILES string of the molecule is COC(=O)c1cc(-c2cnc3cc(F)ccn23)ccc1Nc1ccc(N2CCOCC2)c(CN(C)C)n1. The molecular weight excluding hydrogens is 475 g/mol. The third-order valence-electron chi connectivity index (χ3n) is 6.23. The number of benzene rings is 1. The van der Waals surface area contributed by atoms with Gasteiger partial charge in [-0.05, 0) is 44.4 Å². The lowest BCUT2D eigenvalue weighted by Crippen LogP contribution is -2.37. The van der Waals surface area contributed by atoms with Crippen LogP contribution in [0.1, 0.15) is 16.1 Å². The number of fused-ring (bicyclic) bond motifs is 1. The third kappa shape index (κ3) is 5.25. The smallest absolute Gasteiger partial charge is 0.339 e.